The summed E-state index contributed by atoms with van der Waals surface area (Å²) < 4.78 is 17.8. The van der Waals surface area contributed by atoms with Gasteiger partial charge in [-0.1, -0.05) is 37.5 Å². The van der Waals surface area contributed by atoms with Crippen LogP contribution in [0.2, 0.25) is 23.3 Å². The molecule has 1 fully saturated rings. The standard InChI is InChI=1S/C26H34ClN5O4SSi/c1-15-8-18(19-11-22(27)29-13-21(19)34-5)20(12-28-15)23(33)30-24-31-32-25(37-24)35-14-16-9-17(10-16)36-38(6,7)26(2,3)4/h8,11-13,16-17H,9-10,14H2,1-7H3,(H,30,31,33)/t16-,17+. The maximum atomic E-state index is 13.2. The number of methoxy groups -OCH3 is 1. The van der Waals surface area contributed by atoms with Gasteiger partial charge in [0.05, 0.1) is 25.5 Å². The number of carbonyl (C=O) groups is 1. The van der Waals surface area contributed by atoms with E-state index >= 15 is 0 Å². The third-order valence-electron chi connectivity index (χ3n) is 7.16. The van der Waals surface area contributed by atoms with Gasteiger partial charge < -0.3 is 13.9 Å². The SMILES string of the molecule is COc1cnc(Cl)cc1-c1cc(C)ncc1C(=O)Nc1nnc(OC[C@H]2C[C@@H](O[Si](C)(C)C(C)(C)C)C2)s1. The number of amides is 1. The predicted molar refractivity (Wildman–Crippen MR) is 152 cm³/mol. The van der Waals surface area contributed by atoms with Crippen LogP contribution in [-0.4, -0.2) is 54.2 Å². The molecular formula is C26H34ClN5O4SSi. The Morgan fingerprint density at radius 2 is 1.89 bits per heavy atom. The molecule has 38 heavy (non-hydrogen) atoms. The number of ether oxygens (including phenoxy) is 2. The van der Waals surface area contributed by atoms with Gasteiger partial charge in [0.2, 0.25) is 5.13 Å². The molecule has 0 spiro atoms. The number of nitrogens with one attached hydrogen (secondary N) is 1. The number of pyridine rings is 2. The molecule has 3 aromatic rings. The second-order valence-corrected chi connectivity index (χ2v) is 17.1. The van der Waals surface area contributed by atoms with Crippen molar-refractivity contribution in [2.24, 2.45) is 5.92 Å². The van der Waals surface area contributed by atoms with Crippen molar-refractivity contribution in [3.63, 3.8) is 0 Å². The second-order valence-electron chi connectivity index (χ2n) is 11.1. The summed E-state index contributed by atoms with van der Waals surface area (Å²) in [4.78, 5) is 21.6. The normalized spacial score (nSPS) is 17.6. The first-order valence-electron chi connectivity index (χ1n) is 12.5. The third-order valence-corrected chi connectivity index (χ3v) is 12.7. The summed E-state index contributed by atoms with van der Waals surface area (Å²) in [6.07, 6.45) is 5.32. The van der Waals surface area contributed by atoms with E-state index in [1.165, 1.54) is 30.8 Å². The topological polar surface area (TPSA) is 108 Å². The van der Waals surface area contributed by atoms with Crippen LogP contribution >= 0.6 is 22.9 Å². The van der Waals surface area contributed by atoms with Gasteiger partial charge in [-0.2, -0.15) is 0 Å². The van der Waals surface area contributed by atoms with Crippen LogP contribution < -0.4 is 14.8 Å². The lowest BCUT2D eigenvalue weighted by Gasteiger charge is -2.44. The largest absolute Gasteiger partial charge is 0.494 e. The van der Waals surface area contributed by atoms with Crippen molar-refractivity contribution >= 4 is 42.3 Å². The minimum atomic E-state index is -1.75. The van der Waals surface area contributed by atoms with Crippen LogP contribution in [0.3, 0.4) is 0 Å². The van der Waals surface area contributed by atoms with E-state index in [0.29, 0.717) is 51.4 Å². The van der Waals surface area contributed by atoms with E-state index in [1.54, 1.807) is 12.1 Å². The zero-order valence-electron chi connectivity index (χ0n) is 22.8. The minimum Gasteiger partial charge on any atom is -0.494 e. The molecule has 0 aliphatic heterocycles. The fraction of sp³-hybridized carbons (Fsp3) is 0.500. The fourth-order valence-corrected chi connectivity index (χ4v) is 6.06. The van der Waals surface area contributed by atoms with Gasteiger partial charge in [0.15, 0.2) is 8.32 Å². The molecule has 3 aromatic heterocycles. The molecule has 4 rings (SSSR count). The fourth-order valence-electron chi connectivity index (χ4n) is 3.93. The number of aromatic nitrogens is 4. The maximum Gasteiger partial charge on any atom is 0.295 e. The van der Waals surface area contributed by atoms with Crippen LogP contribution in [0.15, 0.2) is 24.5 Å². The van der Waals surface area contributed by atoms with E-state index in [4.69, 9.17) is 25.5 Å². The number of rotatable bonds is 9. The average molecular weight is 576 g/mol. The Kier molecular flexibility index (Phi) is 8.41. The molecule has 1 aliphatic carbocycles. The third kappa shape index (κ3) is 6.51. The lowest BCUT2D eigenvalue weighted by Crippen LogP contribution is -2.48. The summed E-state index contributed by atoms with van der Waals surface area (Å²) in [5.41, 5.74) is 2.35. The number of hydrogen-bond donors (Lipinski definition) is 1. The van der Waals surface area contributed by atoms with E-state index in [2.05, 4.69) is 59.3 Å². The number of halogens is 1. The molecule has 0 unspecified atom stereocenters. The van der Waals surface area contributed by atoms with E-state index in [9.17, 15) is 4.79 Å². The van der Waals surface area contributed by atoms with Crippen LogP contribution in [0.5, 0.6) is 10.9 Å². The van der Waals surface area contributed by atoms with Crippen molar-refractivity contribution < 1.29 is 18.7 Å². The van der Waals surface area contributed by atoms with Crippen LogP contribution in [0.1, 0.15) is 49.7 Å². The van der Waals surface area contributed by atoms with Gasteiger partial charge in [0, 0.05) is 29.1 Å². The minimum absolute atomic E-state index is 0.203. The van der Waals surface area contributed by atoms with Gasteiger partial charge in [0.1, 0.15) is 10.9 Å². The highest BCUT2D eigenvalue weighted by molar-refractivity contribution is 7.17. The molecule has 0 atom stereocenters. The molecule has 204 valence electrons. The van der Waals surface area contributed by atoms with Crippen molar-refractivity contribution in [1.29, 1.82) is 0 Å². The molecule has 1 N–H and O–H groups in total. The van der Waals surface area contributed by atoms with Gasteiger partial charge in [-0.3, -0.25) is 15.1 Å². The summed E-state index contributed by atoms with van der Waals surface area (Å²) in [6.45, 7) is 13.7. The van der Waals surface area contributed by atoms with Crippen molar-refractivity contribution in [3.05, 3.63) is 40.9 Å². The molecule has 0 radical (unpaired) electrons. The summed E-state index contributed by atoms with van der Waals surface area (Å²) in [6, 6.07) is 3.46. The molecule has 1 saturated carbocycles. The van der Waals surface area contributed by atoms with Crippen molar-refractivity contribution in [2.45, 2.75) is 64.8 Å². The van der Waals surface area contributed by atoms with Gasteiger partial charge in [0.25, 0.3) is 11.1 Å². The molecule has 9 nitrogen and oxygen atoms in total. The molecule has 0 saturated heterocycles. The monoisotopic (exact) mass is 575 g/mol. The van der Waals surface area contributed by atoms with Gasteiger partial charge in [-0.15, -0.1) is 5.10 Å². The summed E-state index contributed by atoms with van der Waals surface area (Å²) in [7, 11) is -0.217. The van der Waals surface area contributed by atoms with Crippen LogP contribution in [0.25, 0.3) is 11.1 Å². The zero-order valence-corrected chi connectivity index (χ0v) is 25.4. The Morgan fingerprint density at radius 3 is 2.58 bits per heavy atom. The van der Waals surface area contributed by atoms with Gasteiger partial charge >= 0.3 is 0 Å². The molecule has 12 heteroatoms. The summed E-state index contributed by atoms with van der Waals surface area (Å²) >= 11 is 7.31. The Labute approximate surface area is 233 Å². The average Bonchev–Trinajstić information content (AvgIpc) is 3.26. The van der Waals surface area contributed by atoms with Crippen molar-refractivity contribution in [2.75, 3.05) is 19.0 Å². The van der Waals surface area contributed by atoms with Crippen molar-refractivity contribution in [3.8, 4) is 22.1 Å². The molecule has 1 aliphatic rings. The van der Waals surface area contributed by atoms with E-state index in [1.807, 2.05) is 6.92 Å². The smallest absolute Gasteiger partial charge is 0.295 e. The molecule has 0 bridgehead atoms. The first-order chi connectivity index (χ1) is 17.9. The number of nitrogens with zero attached hydrogens (tertiary/aromatic N) is 4. The Bertz CT molecular complexity index is 1310. The van der Waals surface area contributed by atoms with Crippen LogP contribution in [0, 0.1) is 12.8 Å². The lowest BCUT2D eigenvalue weighted by atomic mass is 9.83. The Morgan fingerprint density at radius 1 is 1.16 bits per heavy atom. The molecule has 0 aromatic carbocycles. The summed E-state index contributed by atoms with van der Waals surface area (Å²) in [5, 5.41) is 12.2. The second kappa shape index (κ2) is 11.2. The quantitative estimate of drug-likeness (QED) is 0.231. The number of anilines is 1. The first-order valence-corrected chi connectivity index (χ1v) is 16.6. The Hall–Kier alpha value is -2.60. The highest BCUT2D eigenvalue weighted by Crippen LogP contribution is 2.42. The predicted octanol–water partition coefficient (Wildman–Crippen LogP) is 6.40. The van der Waals surface area contributed by atoms with Crippen molar-refractivity contribution in [1.82, 2.24) is 20.2 Å². The Balaban J connectivity index is 1.36. The van der Waals surface area contributed by atoms with E-state index in [-0.39, 0.29) is 16.1 Å². The number of hydrogen-bond acceptors (Lipinski definition) is 9. The molecule has 3 heterocycles. The number of carbonyl (C=O) groups excluding carboxylic acids is 1. The number of aryl methyl sites for hydroxylation is 1. The van der Waals surface area contributed by atoms with Crippen LogP contribution in [0.4, 0.5) is 5.13 Å². The van der Waals surface area contributed by atoms with Gasteiger partial charge in [-0.25, -0.2) is 4.98 Å². The molecule has 1 amide bonds. The van der Waals surface area contributed by atoms with Crippen LogP contribution in [-0.2, 0) is 4.43 Å². The zero-order chi connectivity index (χ0) is 27.7. The lowest BCUT2D eigenvalue weighted by molar-refractivity contribution is 0.0287. The van der Waals surface area contributed by atoms with Gasteiger partial charge in [-0.05, 0) is 67.3 Å². The maximum absolute atomic E-state index is 13.2. The van der Waals surface area contributed by atoms with E-state index < -0.39 is 8.32 Å². The highest BCUT2D eigenvalue weighted by Gasteiger charge is 2.42. The van der Waals surface area contributed by atoms with E-state index in [0.717, 1.165) is 18.5 Å². The molecular weight excluding hydrogens is 542 g/mol. The highest BCUT2D eigenvalue weighted by atomic mass is 35.5. The summed E-state index contributed by atoms with van der Waals surface area (Å²) in [5.74, 6) is 0.540. The first kappa shape index (κ1) is 28.4.